The first-order chi connectivity index (χ1) is 16.7. The van der Waals surface area contributed by atoms with Gasteiger partial charge in [-0.05, 0) is 42.9 Å². The summed E-state index contributed by atoms with van der Waals surface area (Å²) in [5.41, 5.74) is -0.962. The van der Waals surface area contributed by atoms with Gasteiger partial charge < -0.3 is 15.2 Å². The Morgan fingerprint density at radius 2 is 1.77 bits per heavy atom. The fraction of sp³-hybridized carbons (Fsp3) is 0.200. The number of hydrogen-bond donors (Lipinski definition) is 3. The quantitative estimate of drug-likeness (QED) is 0.234. The Labute approximate surface area is 206 Å². The van der Waals surface area contributed by atoms with Crippen molar-refractivity contribution in [2.45, 2.75) is 25.2 Å². The van der Waals surface area contributed by atoms with Crippen molar-refractivity contribution in [1.82, 2.24) is 10.6 Å². The molecule has 2 atom stereocenters. The van der Waals surface area contributed by atoms with E-state index in [0.717, 1.165) is 23.8 Å². The largest absolute Gasteiger partial charge is 0.394 e. The van der Waals surface area contributed by atoms with Crippen molar-refractivity contribution in [2.75, 3.05) is 6.61 Å². The van der Waals surface area contributed by atoms with Crippen LogP contribution in [0.3, 0.4) is 0 Å². The van der Waals surface area contributed by atoms with Gasteiger partial charge in [-0.1, -0.05) is 48.5 Å². The summed E-state index contributed by atoms with van der Waals surface area (Å²) in [6.45, 7) is 0.985. The summed E-state index contributed by atoms with van der Waals surface area (Å²) in [5.74, 6) is -1.28. The zero-order chi connectivity index (χ0) is 25.4. The van der Waals surface area contributed by atoms with Crippen molar-refractivity contribution >= 4 is 28.9 Å². The molecule has 0 bridgehead atoms. The molecule has 10 heteroatoms. The van der Waals surface area contributed by atoms with Gasteiger partial charge in [0.1, 0.15) is 11.9 Å². The third kappa shape index (κ3) is 6.44. The van der Waals surface area contributed by atoms with Gasteiger partial charge in [-0.25, -0.2) is 4.39 Å². The smallest absolute Gasteiger partial charge is 0.270 e. The number of nitro groups is 1. The van der Waals surface area contributed by atoms with E-state index in [4.69, 9.17) is 17.0 Å². The highest BCUT2D eigenvalue weighted by Gasteiger charge is 2.40. The van der Waals surface area contributed by atoms with Gasteiger partial charge in [-0.3, -0.25) is 20.2 Å². The second-order valence-electron chi connectivity index (χ2n) is 7.87. The summed E-state index contributed by atoms with van der Waals surface area (Å²) in [6.07, 6.45) is -1.11. The first-order valence-electron chi connectivity index (χ1n) is 10.6. The van der Waals surface area contributed by atoms with Crippen molar-refractivity contribution in [3.63, 3.8) is 0 Å². The van der Waals surface area contributed by atoms with E-state index in [2.05, 4.69) is 10.6 Å². The Kier molecular flexibility index (Phi) is 8.58. The van der Waals surface area contributed by atoms with E-state index >= 15 is 4.39 Å². The lowest BCUT2D eigenvalue weighted by atomic mass is 9.85. The van der Waals surface area contributed by atoms with Gasteiger partial charge in [0, 0.05) is 23.3 Å². The van der Waals surface area contributed by atoms with Crippen LogP contribution in [0.2, 0.25) is 0 Å². The molecule has 0 radical (unpaired) electrons. The molecule has 0 fully saturated rings. The molecule has 0 aliphatic heterocycles. The van der Waals surface area contributed by atoms with E-state index in [1.807, 2.05) is 30.3 Å². The number of benzene rings is 3. The number of carbonyl (C=O) groups is 1. The lowest BCUT2D eigenvalue weighted by Gasteiger charge is -2.38. The van der Waals surface area contributed by atoms with Crippen LogP contribution in [0.15, 0.2) is 78.9 Å². The maximum absolute atomic E-state index is 15.0. The van der Waals surface area contributed by atoms with Crippen molar-refractivity contribution in [1.29, 1.82) is 0 Å². The summed E-state index contributed by atoms with van der Waals surface area (Å²) in [4.78, 5) is 23.3. The zero-order valence-electron chi connectivity index (χ0n) is 18.8. The number of amides is 1. The average molecular weight is 498 g/mol. The highest BCUT2D eigenvalue weighted by Crippen LogP contribution is 2.32. The summed E-state index contributed by atoms with van der Waals surface area (Å²) in [7, 11) is 0. The molecule has 8 nitrogen and oxygen atoms in total. The number of rotatable bonds is 9. The van der Waals surface area contributed by atoms with Crippen LogP contribution < -0.4 is 10.6 Å². The van der Waals surface area contributed by atoms with Crippen molar-refractivity contribution in [3.8, 4) is 0 Å². The number of nitrogens with zero attached hydrogens (tertiary/aromatic N) is 1. The first-order valence-corrected chi connectivity index (χ1v) is 11.0. The SMILES string of the molecule is C[C@@](NC(=S)NC(=O)c1ccccc1)(c1cc([N+](=O)[O-])ccc1F)C(CO)OCc1ccccc1. The fourth-order valence-corrected chi connectivity index (χ4v) is 3.86. The van der Waals surface area contributed by atoms with E-state index in [-0.39, 0.29) is 23.0 Å². The molecule has 3 rings (SSSR count). The monoisotopic (exact) mass is 497 g/mol. The predicted octanol–water partition coefficient (Wildman–Crippen LogP) is 3.83. The third-order valence-corrected chi connectivity index (χ3v) is 5.66. The summed E-state index contributed by atoms with van der Waals surface area (Å²) in [5, 5.41) is 26.8. The molecule has 0 saturated heterocycles. The van der Waals surface area contributed by atoms with Crippen molar-refractivity contribution < 1.29 is 24.0 Å². The molecule has 1 unspecified atom stereocenters. The Bertz CT molecular complexity index is 1200. The standard InChI is InChI=1S/C25H24FN3O5S/c1-25(20-14-19(29(32)33)12-13-21(20)26,22(15-30)34-16-17-8-4-2-5-9-17)28-24(35)27-23(31)18-10-6-3-7-11-18/h2-14,22,30H,15-16H2,1H3,(H2,27,28,31,35)/t22?,25-/m1/s1. The molecule has 182 valence electrons. The van der Waals surface area contributed by atoms with E-state index in [9.17, 15) is 20.0 Å². The Balaban J connectivity index is 1.94. The molecule has 0 spiro atoms. The minimum Gasteiger partial charge on any atom is -0.394 e. The van der Waals surface area contributed by atoms with E-state index in [0.29, 0.717) is 5.56 Å². The van der Waals surface area contributed by atoms with E-state index in [1.54, 1.807) is 30.3 Å². The normalized spacial score (nSPS) is 13.3. The molecular formula is C25H24FN3O5S. The van der Waals surface area contributed by atoms with Crippen LogP contribution in [0.25, 0.3) is 0 Å². The minimum absolute atomic E-state index is 0.0724. The number of aliphatic hydroxyl groups excluding tert-OH is 1. The van der Waals surface area contributed by atoms with Gasteiger partial charge in [0.15, 0.2) is 5.11 Å². The predicted molar refractivity (Wildman–Crippen MR) is 132 cm³/mol. The van der Waals surface area contributed by atoms with Crippen LogP contribution in [0.4, 0.5) is 10.1 Å². The van der Waals surface area contributed by atoms with Crippen LogP contribution >= 0.6 is 12.2 Å². The topological polar surface area (TPSA) is 114 Å². The van der Waals surface area contributed by atoms with Crippen LogP contribution in [-0.2, 0) is 16.9 Å². The number of carbonyl (C=O) groups excluding carboxylic acids is 1. The van der Waals surface area contributed by atoms with Gasteiger partial charge >= 0.3 is 0 Å². The number of non-ortho nitro benzene ring substituents is 1. The van der Waals surface area contributed by atoms with Gasteiger partial charge in [0.25, 0.3) is 11.6 Å². The van der Waals surface area contributed by atoms with Gasteiger partial charge in [-0.15, -0.1) is 0 Å². The Hall–Kier alpha value is -3.73. The molecule has 1 amide bonds. The van der Waals surface area contributed by atoms with Crippen molar-refractivity contribution in [3.05, 3.63) is 111 Å². The minimum atomic E-state index is -1.60. The number of aliphatic hydroxyl groups is 1. The second-order valence-corrected chi connectivity index (χ2v) is 8.27. The van der Waals surface area contributed by atoms with Crippen LogP contribution in [0.5, 0.6) is 0 Å². The van der Waals surface area contributed by atoms with Crippen molar-refractivity contribution in [2.24, 2.45) is 0 Å². The average Bonchev–Trinajstić information content (AvgIpc) is 2.85. The number of ether oxygens (including phenoxy) is 1. The summed E-state index contributed by atoms with van der Waals surface area (Å²) < 4.78 is 21.0. The lowest BCUT2D eigenvalue weighted by Crippen LogP contribution is -2.57. The van der Waals surface area contributed by atoms with Crippen LogP contribution in [0, 0.1) is 15.9 Å². The van der Waals surface area contributed by atoms with Gasteiger partial charge in [0.2, 0.25) is 0 Å². The molecule has 0 aliphatic carbocycles. The zero-order valence-corrected chi connectivity index (χ0v) is 19.6. The van der Waals surface area contributed by atoms with Gasteiger partial charge in [-0.2, -0.15) is 0 Å². The molecule has 35 heavy (non-hydrogen) atoms. The fourth-order valence-electron chi connectivity index (χ4n) is 3.55. The third-order valence-electron chi connectivity index (χ3n) is 5.46. The highest BCUT2D eigenvalue weighted by molar-refractivity contribution is 7.80. The number of hydrogen-bond acceptors (Lipinski definition) is 6. The molecule has 0 aromatic heterocycles. The van der Waals surface area contributed by atoms with E-state index in [1.165, 1.54) is 6.92 Å². The molecule has 3 aromatic rings. The maximum atomic E-state index is 15.0. The number of halogens is 1. The highest BCUT2D eigenvalue weighted by atomic mass is 32.1. The van der Waals surface area contributed by atoms with E-state index < -0.39 is 34.9 Å². The molecule has 3 N–H and O–H groups in total. The second kappa shape index (κ2) is 11.6. The first kappa shape index (κ1) is 25.9. The Morgan fingerprint density at radius 3 is 2.37 bits per heavy atom. The summed E-state index contributed by atoms with van der Waals surface area (Å²) in [6, 6.07) is 20.5. The maximum Gasteiger partial charge on any atom is 0.270 e. The molecule has 0 saturated carbocycles. The Morgan fingerprint density at radius 1 is 1.14 bits per heavy atom. The molecular weight excluding hydrogens is 473 g/mol. The molecule has 0 heterocycles. The lowest BCUT2D eigenvalue weighted by molar-refractivity contribution is -0.385. The number of nitro benzene ring substituents is 1. The molecule has 0 aliphatic rings. The van der Waals surface area contributed by atoms with Gasteiger partial charge in [0.05, 0.1) is 23.7 Å². The van der Waals surface area contributed by atoms with Crippen LogP contribution in [-0.4, -0.2) is 33.8 Å². The molecule has 3 aromatic carbocycles. The summed E-state index contributed by atoms with van der Waals surface area (Å²) >= 11 is 5.31. The number of thiocarbonyl (C=S) groups is 1. The van der Waals surface area contributed by atoms with Crippen LogP contribution in [0.1, 0.15) is 28.4 Å². The number of nitrogens with one attached hydrogen (secondary N) is 2.